The zero-order valence-electron chi connectivity index (χ0n) is 48.5. The van der Waals surface area contributed by atoms with Gasteiger partial charge in [0, 0.05) is 96.7 Å². The fraction of sp³-hybridized carbons (Fsp3) is 0.265. The number of carbonyl (C=O) groups is 2. The average Bonchev–Trinajstić information content (AvgIpc) is 3.62. The highest BCUT2D eigenvalue weighted by Crippen LogP contribution is 2.38. The molecule has 86 heavy (non-hydrogen) atoms. The summed E-state index contributed by atoms with van der Waals surface area (Å²) in [5.74, 6) is -0.474. The number of carboxylic acids is 2. The highest BCUT2D eigenvalue weighted by molar-refractivity contribution is 6.32. The van der Waals surface area contributed by atoms with Crippen molar-refractivity contribution in [3.63, 3.8) is 0 Å². The highest BCUT2D eigenvalue weighted by Gasteiger charge is 2.28. The molecule has 9 rings (SSSR count). The SMILES string of the molecule is C/N=C/c1cncc(COc2cc(OCc3cccc(-c4cccc(COc5cc(OCc6cncc(C7=NC7)c6)c(CN[C@@H](C(=O)O)[C@H](C)OCc6ccccc6)cc5Cl)c4C)c3C)c(Cl)cc2CN[C@@H](C(=O)O)[C@H](C)OCc2ccccc2)c1. The van der Waals surface area contributed by atoms with Crippen LogP contribution < -0.4 is 29.6 Å². The lowest BCUT2D eigenvalue weighted by atomic mass is 9.92. The van der Waals surface area contributed by atoms with Gasteiger partial charge < -0.3 is 38.6 Å². The van der Waals surface area contributed by atoms with Crippen molar-refractivity contribution >= 4 is 47.1 Å². The summed E-state index contributed by atoms with van der Waals surface area (Å²) in [5, 5.41) is 27.5. The van der Waals surface area contributed by atoms with Crippen molar-refractivity contribution in [3.8, 4) is 34.1 Å². The minimum Gasteiger partial charge on any atom is -0.488 e. The van der Waals surface area contributed by atoms with Crippen LogP contribution in [0.15, 0.2) is 168 Å². The molecule has 2 aromatic heterocycles. The number of aliphatic carboxylic acids is 2. The van der Waals surface area contributed by atoms with Crippen molar-refractivity contribution in [1.29, 1.82) is 0 Å². The number of ether oxygens (including phenoxy) is 6. The molecule has 18 heteroatoms. The third kappa shape index (κ3) is 16.9. The van der Waals surface area contributed by atoms with Crippen LogP contribution in [-0.2, 0) is 71.8 Å². The number of hydrogen-bond acceptors (Lipinski definition) is 14. The van der Waals surface area contributed by atoms with E-state index in [1.807, 2.05) is 97.1 Å². The minimum absolute atomic E-state index is 0.0942. The molecule has 4 atom stereocenters. The first-order valence-corrected chi connectivity index (χ1v) is 28.9. The van der Waals surface area contributed by atoms with E-state index in [9.17, 15) is 19.8 Å². The molecule has 0 spiro atoms. The van der Waals surface area contributed by atoms with E-state index in [0.29, 0.717) is 50.7 Å². The molecular formula is C68H68Cl2N6O10. The van der Waals surface area contributed by atoms with Gasteiger partial charge in [0.15, 0.2) is 0 Å². The predicted molar refractivity (Wildman–Crippen MR) is 333 cm³/mol. The molecule has 6 aromatic carbocycles. The van der Waals surface area contributed by atoms with E-state index in [1.165, 1.54) is 0 Å². The average molecular weight is 1200 g/mol. The fourth-order valence-electron chi connectivity index (χ4n) is 9.71. The number of carboxylic acid groups (broad SMARTS) is 2. The first kappa shape index (κ1) is 62.1. The van der Waals surface area contributed by atoms with E-state index in [2.05, 4.69) is 56.6 Å². The third-order valence-corrected chi connectivity index (χ3v) is 15.3. The number of benzene rings is 6. The summed E-state index contributed by atoms with van der Waals surface area (Å²) in [5.41, 5.74) is 13.3. The molecular weight excluding hydrogens is 1130 g/mol. The van der Waals surface area contributed by atoms with E-state index >= 15 is 0 Å². The molecule has 16 nitrogen and oxygen atoms in total. The molecule has 0 fully saturated rings. The normalized spacial score (nSPS) is 13.4. The standard InChI is InChI=1S/C68H68Cl2N6O10/c1-42-51(40-85-63-26-61(83-38-49-22-48(28-71-5)29-72-30-49)54(24-58(63)69)33-75-65(67(77)78)44(3)81-36-46-14-8-6-9-15-46)18-12-20-56(42)57-21-13-19-52(43(57)2)41-86-64-27-62(84-39-50-23-53(32-73-31-50)60-35-74-60)55(25-59(64)70)34-76-66(68(79)80)45(4)82-37-47-16-10-7-11-17-47/h6-32,44-45,65-66,75-76H,33-41H2,1-5H3,(H,77,78)(H,79,80)/b71-28+/t44-,45-,65+,66+/m0/s1. The first-order chi connectivity index (χ1) is 41.7. The zero-order chi connectivity index (χ0) is 60.5. The Morgan fingerprint density at radius 3 is 1.45 bits per heavy atom. The van der Waals surface area contributed by atoms with E-state index < -0.39 is 36.2 Å². The van der Waals surface area contributed by atoms with Crippen LogP contribution in [0.1, 0.15) is 80.6 Å². The van der Waals surface area contributed by atoms with Gasteiger partial charge in [-0.15, -0.1) is 0 Å². The summed E-state index contributed by atoms with van der Waals surface area (Å²) in [6.45, 7) is 9.62. The molecule has 3 heterocycles. The van der Waals surface area contributed by atoms with Crippen molar-refractivity contribution in [1.82, 2.24) is 20.6 Å². The molecule has 8 aromatic rings. The lowest BCUT2D eigenvalue weighted by Gasteiger charge is -2.23. The van der Waals surface area contributed by atoms with Gasteiger partial charge in [0.2, 0.25) is 0 Å². The maximum atomic E-state index is 12.6. The Balaban J connectivity index is 0.905. The summed E-state index contributed by atoms with van der Waals surface area (Å²) in [6, 6.07) is 40.1. The summed E-state index contributed by atoms with van der Waals surface area (Å²) in [4.78, 5) is 42.4. The highest BCUT2D eigenvalue weighted by atomic mass is 35.5. The van der Waals surface area contributed by atoms with Crippen LogP contribution in [0, 0.1) is 13.8 Å². The fourth-order valence-corrected chi connectivity index (χ4v) is 10.2. The summed E-state index contributed by atoms with van der Waals surface area (Å²) in [6.07, 6.45) is 7.29. The Hall–Kier alpha value is -8.48. The topological polar surface area (TPSA) is 205 Å². The molecule has 0 aliphatic carbocycles. The van der Waals surface area contributed by atoms with Gasteiger partial charge in [0.05, 0.1) is 47.7 Å². The molecule has 1 aliphatic heterocycles. The second-order valence-corrected chi connectivity index (χ2v) is 21.7. The molecule has 0 saturated heterocycles. The second kappa shape index (κ2) is 30.0. The van der Waals surface area contributed by atoms with Crippen LogP contribution >= 0.6 is 23.2 Å². The molecule has 0 amide bonds. The number of nitrogens with one attached hydrogen (secondary N) is 2. The van der Waals surface area contributed by atoms with Crippen LogP contribution in [0.3, 0.4) is 0 Å². The minimum atomic E-state index is -1.06. The maximum Gasteiger partial charge on any atom is 0.323 e. The zero-order valence-corrected chi connectivity index (χ0v) is 50.0. The van der Waals surface area contributed by atoms with Crippen molar-refractivity contribution in [3.05, 3.63) is 235 Å². The van der Waals surface area contributed by atoms with Crippen LogP contribution in [0.4, 0.5) is 0 Å². The van der Waals surface area contributed by atoms with Crippen LogP contribution in [0.5, 0.6) is 23.0 Å². The Morgan fingerprint density at radius 2 is 1.00 bits per heavy atom. The number of aromatic nitrogens is 2. The molecule has 1 aliphatic rings. The Bertz CT molecular complexity index is 3700. The van der Waals surface area contributed by atoms with Gasteiger partial charge in [-0.05, 0) is 96.5 Å². The predicted octanol–water partition coefficient (Wildman–Crippen LogP) is 12.5. The molecule has 0 radical (unpaired) electrons. The Morgan fingerprint density at radius 1 is 0.547 bits per heavy atom. The summed E-state index contributed by atoms with van der Waals surface area (Å²) in [7, 11) is 1.69. The monoisotopic (exact) mass is 1200 g/mol. The van der Waals surface area contributed by atoms with Crippen molar-refractivity contribution in [2.75, 3.05) is 13.6 Å². The number of rotatable bonds is 31. The van der Waals surface area contributed by atoms with Gasteiger partial charge in [0.1, 0.15) is 61.5 Å². The number of aliphatic imine (C=N–C) groups is 2. The Kier molecular flexibility index (Phi) is 21.7. The first-order valence-electron chi connectivity index (χ1n) is 28.1. The second-order valence-electron chi connectivity index (χ2n) is 20.9. The van der Waals surface area contributed by atoms with Crippen LogP contribution in [-0.4, -0.2) is 81.9 Å². The molecule has 0 unspecified atom stereocenters. The van der Waals surface area contributed by atoms with Gasteiger partial charge in [0.25, 0.3) is 0 Å². The van der Waals surface area contributed by atoms with E-state index in [-0.39, 0.29) is 52.7 Å². The van der Waals surface area contributed by atoms with Crippen LogP contribution in [0.2, 0.25) is 10.0 Å². The number of hydrogen-bond donors (Lipinski definition) is 4. The smallest absolute Gasteiger partial charge is 0.323 e. The van der Waals surface area contributed by atoms with Gasteiger partial charge in [-0.1, -0.05) is 120 Å². The van der Waals surface area contributed by atoms with Crippen molar-refractivity contribution < 1.29 is 48.2 Å². The van der Waals surface area contributed by atoms with Gasteiger partial charge in [-0.25, -0.2) is 0 Å². The van der Waals surface area contributed by atoms with E-state index in [4.69, 9.17) is 51.6 Å². The number of pyridine rings is 2. The van der Waals surface area contributed by atoms with Crippen LogP contribution in [0.25, 0.3) is 11.1 Å². The molecule has 0 bridgehead atoms. The largest absolute Gasteiger partial charge is 0.488 e. The van der Waals surface area contributed by atoms with Crippen molar-refractivity contribution in [2.45, 2.75) is 105 Å². The quantitative estimate of drug-likeness (QED) is 0.0299. The summed E-state index contributed by atoms with van der Waals surface area (Å²) >= 11 is 14.0. The van der Waals surface area contributed by atoms with E-state index in [0.717, 1.165) is 72.5 Å². The number of halogens is 2. The van der Waals surface area contributed by atoms with Gasteiger partial charge in [-0.2, -0.15) is 0 Å². The van der Waals surface area contributed by atoms with Crippen molar-refractivity contribution in [2.24, 2.45) is 9.98 Å². The van der Waals surface area contributed by atoms with E-state index in [1.54, 1.807) is 76.2 Å². The molecule has 444 valence electrons. The Labute approximate surface area is 510 Å². The maximum absolute atomic E-state index is 12.6. The molecule has 0 saturated carbocycles. The molecule has 4 N–H and O–H groups in total. The lowest BCUT2D eigenvalue weighted by molar-refractivity contribution is -0.145. The van der Waals surface area contributed by atoms with Gasteiger partial charge >= 0.3 is 11.9 Å². The summed E-state index contributed by atoms with van der Waals surface area (Å²) < 4.78 is 38.0. The lowest BCUT2D eigenvalue weighted by Crippen LogP contribution is -2.45. The number of nitrogens with zero attached hydrogens (tertiary/aromatic N) is 4. The third-order valence-electron chi connectivity index (χ3n) is 14.7. The van der Waals surface area contributed by atoms with Gasteiger partial charge in [-0.3, -0.25) is 40.2 Å².